The minimum atomic E-state index is -4.37. The monoisotopic (exact) mass is 529 g/mol. The third kappa shape index (κ3) is 7.70. The first-order valence-corrected chi connectivity index (χ1v) is 13.4. The molecule has 37 heavy (non-hydrogen) atoms. The van der Waals surface area contributed by atoms with Gasteiger partial charge in [-0.3, -0.25) is 0 Å². The molecule has 2 aromatic carbocycles. The molecule has 2 heterocycles. The van der Waals surface area contributed by atoms with Crippen LogP contribution in [0.3, 0.4) is 0 Å². The summed E-state index contributed by atoms with van der Waals surface area (Å²) in [6, 6.07) is 18.4. The Hall–Kier alpha value is -2.59. The van der Waals surface area contributed by atoms with Crippen molar-refractivity contribution in [2.24, 2.45) is 5.73 Å². The molecule has 198 valence electrons. The van der Waals surface area contributed by atoms with Gasteiger partial charge < -0.3 is 16.0 Å². The molecule has 1 fully saturated rings. The summed E-state index contributed by atoms with van der Waals surface area (Å²) in [6.07, 6.45) is -1.05. The van der Waals surface area contributed by atoms with Crippen LogP contribution in [-0.4, -0.2) is 55.1 Å². The Labute approximate surface area is 221 Å². The van der Waals surface area contributed by atoms with E-state index in [2.05, 4.69) is 63.1 Å². The first-order valence-electron chi connectivity index (χ1n) is 12.7. The van der Waals surface area contributed by atoms with Crippen LogP contribution in [-0.2, 0) is 12.6 Å². The quantitative estimate of drug-likeness (QED) is 0.272. The molecule has 0 atom stereocenters. The normalized spacial score (nSPS) is 14.8. The summed E-state index contributed by atoms with van der Waals surface area (Å²) in [5, 5.41) is 3.41. The van der Waals surface area contributed by atoms with Crippen LogP contribution in [0.1, 0.15) is 23.1 Å². The van der Waals surface area contributed by atoms with Gasteiger partial charge in [0.1, 0.15) is 5.82 Å². The van der Waals surface area contributed by atoms with E-state index in [1.54, 1.807) is 11.9 Å². The van der Waals surface area contributed by atoms with Gasteiger partial charge in [0.15, 0.2) is 0 Å². The van der Waals surface area contributed by atoms with E-state index in [-0.39, 0.29) is 5.56 Å². The highest BCUT2D eigenvalue weighted by Gasteiger charge is 2.33. The largest absolute Gasteiger partial charge is 0.416 e. The van der Waals surface area contributed by atoms with E-state index >= 15 is 0 Å². The van der Waals surface area contributed by atoms with Gasteiger partial charge in [0, 0.05) is 37.3 Å². The molecule has 1 aliphatic heterocycles. The number of halogens is 3. The minimum absolute atomic E-state index is 0.149. The van der Waals surface area contributed by atoms with E-state index in [9.17, 15) is 13.2 Å². The molecule has 0 unspecified atom stereocenters. The molecule has 3 aromatic rings. The lowest BCUT2D eigenvalue weighted by molar-refractivity contribution is -0.138. The molecule has 0 bridgehead atoms. The van der Waals surface area contributed by atoms with Gasteiger partial charge in [0.05, 0.1) is 5.56 Å². The third-order valence-corrected chi connectivity index (χ3v) is 7.59. The zero-order chi connectivity index (χ0) is 26.3. The van der Waals surface area contributed by atoms with Gasteiger partial charge in [-0.05, 0) is 91.8 Å². The first-order chi connectivity index (χ1) is 17.8. The fourth-order valence-corrected chi connectivity index (χ4v) is 5.21. The summed E-state index contributed by atoms with van der Waals surface area (Å²) < 4.78 is 42.1. The Morgan fingerprint density at radius 2 is 1.59 bits per heavy atom. The fraction of sp³-hybridized carbons (Fsp3) is 0.393. The zero-order valence-electron chi connectivity index (χ0n) is 21.1. The summed E-state index contributed by atoms with van der Waals surface area (Å²) in [5.41, 5.74) is 8.73. The number of piperazine rings is 1. The highest BCUT2D eigenvalue weighted by Crippen LogP contribution is 2.34. The maximum atomic E-state index is 13.3. The molecule has 0 saturated carbocycles. The molecule has 5 nitrogen and oxygen atoms in total. The van der Waals surface area contributed by atoms with Gasteiger partial charge in [-0.1, -0.05) is 36.4 Å². The van der Waals surface area contributed by atoms with Crippen LogP contribution in [0.15, 0.2) is 65.7 Å². The molecule has 1 saturated heterocycles. The van der Waals surface area contributed by atoms with Gasteiger partial charge >= 0.3 is 6.18 Å². The Morgan fingerprint density at radius 3 is 2.22 bits per heavy atom. The summed E-state index contributed by atoms with van der Waals surface area (Å²) >= 11 is 1.68. The molecule has 9 heteroatoms. The van der Waals surface area contributed by atoms with Gasteiger partial charge in [-0.15, -0.1) is 0 Å². The number of rotatable bonds is 10. The zero-order valence-corrected chi connectivity index (χ0v) is 21.9. The third-order valence-electron chi connectivity index (χ3n) is 6.48. The Kier molecular flexibility index (Phi) is 9.48. The van der Waals surface area contributed by atoms with E-state index in [0.29, 0.717) is 18.9 Å². The van der Waals surface area contributed by atoms with E-state index in [4.69, 9.17) is 5.73 Å². The summed E-state index contributed by atoms with van der Waals surface area (Å²) in [7, 11) is 0. The number of nitrogens with two attached hydrogens (primary N) is 1. The van der Waals surface area contributed by atoms with Gasteiger partial charge in [0.25, 0.3) is 0 Å². The standard InChI is InChI=1S/C28H34F3N5S/c1-21-20-34-27(19-26(21)28(29,30)31)35-15-17-36(18-16-35)37-25-9-7-24(8-10-25)23-5-3-22(4-6-23)11-14-33-13-2-12-32/h3-10,19-20,33H,2,11-18,32H2,1H3. The fourth-order valence-electron chi connectivity index (χ4n) is 4.31. The van der Waals surface area contributed by atoms with Crippen LogP contribution in [0.4, 0.5) is 19.0 Å². The number of aryl methyl sites for hydroxylation is 1. The van der Waals surface area contributed by atoms with E-state index in [1.807, 2.05) is 4.90 Å². The highest BCUT2D eigenvalue weighted by atomic mass is 32.2. The van der Waals surface area contributed by atoms with Crippen molar-refractivity contribution in [3.05, 3.63) is 77.5 Å². The Bertz CT molecular complexity index is 1130. The number of aromatic nitrogens is 1. The predicted molar refractivity (Wildman–Crippen MR) is 146 cm³/mol. The SMILES string of the molecule is Cc1cnc(N2CCN(Sc3ccc(-c4ccc(CCNCCCN)cc4)cc3)CC2)cc1C(F)(F)F. The van der Waals surface area contributed by atoms with Crippen molar-refractivity contribution in [3.63, 3.8) is 0 Å². The maximum absolute atomic E-state index is 13.3. The number of alkyl halides is 3. The van der Waals surface area contributed by atoms with E-state index in [0.717, 1.165) is 50.5 Å². The lowest BCUT2D eigenvalue weighted by atomic mass is 10.0. The second-order valence-corrected chi connectivity index (χ2v) is 10.4. The summed E-state index contributed by atoms with van der Waals surface area (Å²) in [4.78, 5) is 7.32. The Morgan fingerprint density at radius 1 is 0.946 bits per heavy atom. The molecule has 0 aliphatic carbocycles. The van der Waals surface area contributed by atoms with Crippen molar-refractivity contribution >= 4 is 17.8 Å². The molecule has 4 rings (SSSR count). The number of pyridine rings is 1. The topological polar surface area (TPSA) is 57.4 Å². The number of hydrogen-bond acceptors (Lipinski definition) is 6. The number of nitrogens with one attached hydrogen (secondary N) is 1. The van der Waals surface area contributed by atoms with Gasteiger partial charge in [-0.2, -0.15) is 13.2 Å². The van der Waals surface area contributed by atoms with Crippen LogP contribution in [0, 0.1) is 6.92 Å². The number of anilines is 1. The van der Waals surface area contributed by atoms with Crippen molar-refractivity contribution in [2.75, 3.05) is 50.7 Å². The van der Waals surface area contributed by atoms with Crippen LogP contribution in [0.25, 0.3) is 11.1 Å². The van der Waals surface area contributed by atoms with E-state index < -0.39 is 11.7 Å². The molecule has 3 N–H and O–H groups in total. The van der Waals surface area contributed by atoms with Crippen molar-refractivity contribution in [2.45, 2.75) is 30.8 Å². The second kappa shape index (κ2) is 12.8. The van der Waals surface area contributed by atoms with Crippen molar-refractivity contribution in [1.82, 2.24) is 14.6 Å². The molecular formula is C28H34F3N5S. The van der Waals surface area contributed by atoms with Gasteiger partial charge in [0.2, 0.25) is 0 Å². The second-order valence-electron chi connectivity index (χ2n) is 9.23. The summed E-state index contributed by atoms with van der Waals surface area (Å²) in [6.45, 7) is 6.82. The van der Waals surface area contributed by atoms with Crippen molar-refractivity contribution in [1.29, 1.82) is 0 Å². The minimum Gasteiger partial charge on any atom is -0.354 e. The van der Waals surface area contributed by atoms with Crippen LogP contribution < -0.4 is 16.0 Å². The average Bonchev–Trinajstić information content (AvgIpc) is 2.90. The summed E-state index contributed by atoms with van der Waals surface area (Å²) in [5.74, 6) is 0.390. The van der Waals surface area contributed by atoms with Crippen molar-refractivity contribution < 1.29 is 13.2 Å². The maximum Gasteiger partial charge on any atom is 0.416 e. The lowest BCUT2D eigenvalue weighted by Crippen LogP contribution is -2.43. The molecule has 1 aliphatic rings. The lowest BCUT2D eigenvalue weighted by Gasteiger charge is -2.34. The first kappa shape index (κ1) is 27.4. The van der Waals surface area contributed by atoms with Crippen LogP contribution >= 0.6 is 11.9 Å². The smallest absolute Gasteiger partial charge is 0.354 e. The van der Waals surface area contributed by atoms with Gasteiger partial charge in [-0.25, -0.2) is 9.29 Å². The molecule has 1 aromatic heterocycles. The molecule has 0 radical (unpaired) electrons. The molecule has 0 spiro atoms. The molecular weight excluding hydrogens is 495 g/mol. The number of hydrogen-bond donors (Lipinski definition) is 2. The van der Waals surface area contributed by atoms with E-state index in [1.165, 1.54) is 35.9 Å². The number of benzene rings is 2. The predicted octanol–water partition coefficient (Wildman–Crippen LogP) is 5.39. The number of nitrogens with zero attached hydrogens (tertiary/aromatic N) is 3. The highest BCUT2D eigenvalue weighted by molar-refractivity contribution is 7.97. The Balaban J connectivity index is 1.27. The van der Waals surface area contributed by atoms with Crippen LogP contribution in [0.2, 0.25) is 0 Å². The van der Waals surface area contributed by atoms with Crippen molar-refractivity contribution in [3.8, 4) is 11.1 Å². The van der Waals surface area contributed by atoms with Crippen LogP contribution in [0.5, 0.6) is 0 Å². The molecule has 0 amide bonds. The average molecular weight is 530 g/mol.